The van der Waals surface area contributed by atoms with E-state index in [1.807, 2.05) is 27.7 Å². The molecule has 102 valence electrons. The van der Waals surface area contributed by atoms with E-state index in [1.54, 1.807) is 0 Å². The Morgan fingerprint density at radius 3 is 2.35 bits per heavy atom. The van der Waals surface area contributed by atoms with Crippen LogP contribution in [-0.2, 0) is 14.3 Å². The van der Waals surface area contributed by atoms with Crippen LogP contribution in [0.1, 0.15) is 66.7 Å². The van der Waals surface area contributed by atoms with E-state index in [9.17, 15) is 4.79 Å². The van der Waals surface area contributed by atoms with Gasteiger partial charge in [0.15, 0.2) is 0 Å². The number of rotatable bonds is 8. The first-order valence-corrected chi connectivity index (χ1v) is 6.68. The average Bonchev–Trinajstić information content (AvgIpc) is 2.21. The SMILES string of the molecule is CCCCCCC(=O)OC(C)COC(C)(C)C. The van der Waals surface area contributed by atoms with Gasteiger partial charge in [-0.15, -0.1) is 0 Å². The number of hydrogen-bond donors (Lipinski definition) is 0. The molecule has 1 atom stereocenters. The molecule has 0 fully saturated rings. The largest absolute Gasteiger partial charge is 0.460 e. The molecule has 1 unspecified atom stereocenters. The van der Waals surface area contributed by atoms with E-state index in [1.165, 1.54) is 12.8 Å². The predicted molar refractivity (Wildman–Crippen MR) is 70.0 cm³/mol. The Kier molecular flexibility index (Phi) is 8.23. The maximum atomic E-state index is 11.5. The first-order valence-electron chi connectivity index (χ1n) is 6.68. The van der Waals surface area contributed by atoms with Crippen LogP contribution >= 0.6 is 0 Å². The van der Waals surface area contributed by atoms with Crippen LogP contribution in [0.2, 0.25) is 0 Å². The van der Waals surface area contributed by atoms with E-state index < -0.39 is 0 Å². The van der Waals surface area contributed by atoms with Crippen LogP contribution in [0.15, 0.2) is 0 Å². The molecule has 3 heteroatoms. The fraction of sp³-hybridized carbons (Fsp3) is 0.929. The van der Waals surface area contributed by atoms with Crippen molar-refractivity contribution >= 4 is 5.97 Å². The van der Waals surface area contributed by atoms with Crippen LogP contribution in [0.4, 0.5) is 0 Å². The topological polar surface area (TPSA) is 35.5 Å². The van der Waals surface area contributed by atoms with Crippen molar-refractivity contribution in [2.45, 2.75) is 78.4 Å². The highest BCUT2D eigenvalue weighted by atomic mass is 16.6. The van der Waals surface area contributed by atoms with Crippen LogP contribution in [-0.4, -0.2) is 24.3 Å². The molecule has 0 saturated heterocycles. The fourth-order valence-electron chi connectivity index (χ4n) is 1.38. The summed E-state index contributed by atoms with van der Waals surface area (Å²) < 4.78 is 10.8. The fourth-order valence-corrected chi connectivity index (χ4v) is 1.38. The Hall–Kier alpha value is -0.570. The van der Waals surface area contributed by atoms with E-state index in [0.717, 1.165) is 12.8 Å². The number of carbonyl (C=O) groups excluding carboxylic acids is 1. The summed E-state index contributed by atoms with van der Waals surface area (Å²) in [4.78, 5) is 11.5. The Labute approximate surface area is 106 Å². The highest BCUT2D eigenvalue weighted by Gasteiger charge is 2.15. The zero-order valence-corrected chi connectivity index (χ0v) is 12.0. The zero-order valence-electron chi connectivity index (χ0n) is 12.0. The highest BCUT2D eigenvalue weighted by Crippen LogP contribution is 2.09. The van der Waals surface area contributed by atoms with Gasteiger partial charge in [0.1, 0.15) is 6.10 Å². The monoisotopic (exact) mass is 244 g/mol. The lowest BCUT2D eigenvalue weighted by Gasteiger charge is -2.22. The molecule has 0 radical (unpaired) electrons. The van der Waals surface area contributed by atoms with Gasteiger partial charge in [-0.25, -0.2) is 0 Å². The summed E-state index contributed by atoms with van der Waals surface area (Å²) in [7, 11) is 0. The number of hydrogen-bond acceptors (Lipinski definition) is 3. The van der Waals surface area contributed by atoms with Gasteiger partial charge in [-0.05, 0) is 34.1 Å². The minimum Gasteiger partial charge on any atom is -0.460 e. The lowest BCUT2D eigenvalue weighted by atomic mass is 10.1. The molecule has 17 heavy (non-hydrogen) atoms. The van der Waals surface area contributed by atoms with Crippen molar-refractivity contribution in [3.8, 4) is 0 Å². The van der Waals surface area contributed by atoms with E-state index in [2.05, 4.69) is 6.92 Å². The molecule has 0 aromatic carbocycles. The normalized spacial score (nSPS) is 13.5. The standard InChI is InChI=1S/C14H28O3/c1-6-7-8-9-10-13(15)17-12(2)11-16-14(3,4)5/h12H,6-11H2,1-5H3. The smallest absolute Gasteiger partial charge is 0.306 e. The van der Waals surface area contributed by atoms with E-state index in [4.69, 9.17) is 9.47 Å². The van der Waals surface area contributed by atoms with Crippen LogP contribution < -0.4 is 0 Å². The third-order valence-corrected chi connectivity index (χ3v) is 2.32. The molecular formula is C14H28O3. The second-order valence-corrected chi connectivity index (χ2v) is 5.53. The number of unbranched alkanes of at least 4 members (excludes halogenated alkanes) is 3. The summed E-state index contributed by atoms with van der Waals surface area (Å²) in [6, 6.07) is 0. The molecular weight excluding hydrogens is 216 g/mol. The second kappa shape index (κ2) is 8.51. The van der Waals surface area contributed by atoms with Gasteiger partial charge in [0.25, 0.3) is 0 Å². The van der Waals surface area contributed by atoms with Crippen molar-refractivity contribution < 1.29 is 14.3 Å². The first kappa shape index (κ1) is 16.4. The van der Waals surface area contributed by atoms with Gasteiger partial charge in [-0.2, -0.15) is 0 Å². The van der Waals surface area contributed by atoms with Crippen molar-refractivity contribution in [1.29, 1.82) is 0 Å². The summed E-state index contributed by atoms with van der Waals surface area (Å²) >= 11 is 0. The van der Waals surface area contributed by atoms with Gasteiger partial charge >= 0.3 is 5.97 Å². The van der Waals surface area contributed by atoms with Crippen LogP contribution in [0.5, 0.6) is 0 Å². The predicted octanol–water partition coefficient (Wildman–Crippen LogP) is 3.70. The lowest BCUT2D eigenvalue weighted by Crippen LogP contribution is -2.27. The van der Waals surface area contributed by atoms with Crippen molar-refractivity contribution in [3.63, 3.8) is 0 Å². The number of ether oxygens (including phenoxy) is 2. The van der Waals surface area contributed by atoms with Gasteiger partial charge < -0.3 is 9.47 Å². The van der Waals surface area contributed by atoms with Crippen LogP contribution in [0, 0.1) is 0 Å². The molecule has 0 aliphatic heterocycles. The molecule has 0 aromatic rings. The Bertz CT molecular complexity index is 206. The maximum Gasteiger partial charge on any atom is 0.306 e. The van der Waals surface area contributed by atoms with Gasteiger partial charge in [0.2, 0.25) is 0 Å². The summed E-state index contributed by atoms with van der Waals surface area (Å²) in [5, 5.41) is 0. The van der Waals surface area contributed by atoms with Crippen molar-refractivity contribution in [2.24, 2.45) is 0 Å². The number of carbonyl (C=O) groups is 1. The molecule has 3 nitrogen and oxygen atoms in total. The Balaban J connectivity index is 3.59. The highest BCUT2D eigenvalue weighted by molar-refractivity contribution is 5.69. The molecule has 0 heterocycles. The van der Waals surface area contributed by atoms with Crippen LogP contribution in [0.3, 0.4) is 0 Å². The minimum absolute atomic E-state index is 0.105. The summed E-state index contributed by atoms with van der Waals surface area (Å²) in [6.07, 6.45) is 4.78. The molecule has 0 rings (SSSR count). The summed E-state index contributed by atoms with van der Waals surface area (Å²) in [5.74, 6) is -0.105. The van der Waals surface area contributed by atoms with Gasteiger partial charge in [-0.1, -0.05) is 26.2 Å². The lowest BCUT2D eigenvalue weighted by molar-refractivity contribution is -0.154. The molecule has 0 bridgehead atoms. The Morgan fingerprint density at radius 2 is 1.82 bits per heavy atom. The quantitative estimate of drug-likeness (QED) is 0.482. The van der Waals surface area contributed by atoms with E-state index >= 15 is 0 Å². The molecule has 0 aliphatic rings. The Morgan fingerprint density at radius 1 is 1.18 bits per heavy atom. The molecule has 0 spiro atoms. The molecule has 0 aromatic heterocycles. The van der Waals surface area contributed by atoms with Crippen molar-refractivity contribution in [1.82, 2.24) is 0 Å². The molecule has 0 saturated carbocycles. The second-order valence-electron chi connectivity index (χ2n) is 5.53. The number of esters is 1. The first-order chi connectivity index (χ1) is 7.85. The van der Waals surface area contributed by atoms with Crippen molar-refractivity contribution in [2.75, 3.05) is 6.61 Å². The maximum absolute atomic E-state index is 11.5. The van der Waals surface area contributed by atoms with Crippen molar-refractivity contribution in [3.05, 3.63) is 0 Å². The van der Waals surface area contributed by atoms with Gasteiger partial charge in [-0.3, -0.25) is 4.79 Å². The minimum atomic E-state index is -0.179. The summed E-state index contributed by atoms with van der Waals surface area (Å²) in [6.45, 7) is 10.5. The van der Waals surface area contributed by atoms with Crippen LogP contribution in [0.25, 0.3) is 0 Å². The zero-order chi connectivity index (χ0) is 13.3. The third-order valence-electron chi connectivity index (χ3n) is 2.32. The molecule has 0 aliphatic carbocycles. The van der Waals surface area contributed by atoms with E-state index in [0.29, 0.717) is 13.0 Å². The average molecular weight is 244 g/mol. The van der Waals surface area contributed by atoms with Gasteiger partial charge in [0.05, 0.1) is 12.2 Å². The summed E-state index contributed by atoms with van der Waals surface area (Å²) in [5.41, 5.74) is -0.179. The third kappa shape index (κ3) is 11.7. The molecule has 0 amide bonds. The molecule has 0 N–H and O–H groups in total. The van der Waals surface area contributed by atoms with Gasteiger partial charge in [0, 0.05) is 6.42 Å². The van der Waals surface area contributed by atoms with E-state index in [-0.39, 0.29) is 17.7 Å².